The van der Waals surface area contributed by atoms with E-state index in [1.165, 1.54) is 5.56 Å². The average molecular weight is 255 g/mol. The molecule has 4 heteroatoms. The minimum Gasteiger partial charge on any atom is -0.334 e. The molecule has 2 rings (SSSR count). The zero-order chi connectivity index (χ0) is 11.5. The highest BCUT2D eigenvalue weighted by atomic mass is 35.5. The first-order valence-corrected chi connectivity index (χ1v) is 6.69. The summed E-state index contributed by atoms with van der Waals surface area (Å²) in [6.07, 6.45) is 1.15. The molecule has 1 N–H and O–H groups in total. The smallest absolute Gasteiger partial charge is 0.161 e. The molecule has 0 aromatic heterocycles. The van der Waals surface area contributed by atoms with Crippen LogP contribution in [0.25, 0.3) is 0 Å². The topological polar surface area (TPSA) is 24.4 Å². The van der Waals surface area contributed by atoms with Gasteiger partial charge in [-0.1, -0.05) is 36.4 Å². The van der Waals surface area contributed by atoms with Crippen molar-refractivity contribution in [2.24, 2.45) is 4.99 Å². The van der Waals surface area contributed by atoms with Gasteiger partial charge in [-0.15, -0.1) is 0 Å². The van der Waals surface area contributed by atoms with Crippen molar-refractivity contribution in [1.82, 2.24) is 0 Å². The third-order valence-electron chi connectivity index (χ3n) is 2.54. The number of benzene rings is 1. The molecule has 1 aromatic carbocycles. The van der Waals surface area contributed by atoms with E-state index in [4.69, 9.17) is 11.6 Å². The second-order valence-electron chi connectivity index (χ2n) is 3.90. The van der Waals surface area contributed by atoms with Gasteiger partial charge in [0.25, 0.3) is 0 Å². The lowest BCUT2D eigenvalue weighted by Gasteiger charge is -2.09. The molecule has 1 atom stereocenters. The van der Waals surface area contributed by atoms with Gasteiger partial charge in [-0.05, 0) is 31.0 Å². The van der Waals surface area contributed by atoms with Gasteiger partial charge in [-0.2, -0.15) is 0 Å². The summed E-state index contributed by atoms with van der Waals surface area (Å²) in [6, 6.07) is 5.97. The van der Waals surface area contributed by atoms with E-state index in [-0.39, 0.29) is 0 Å². The van der Waals surface area contributed by atoms with Gasteiger partial charge < -0.3 is 5.32 Å². The van der Waals surface area contributed by atoms with Crippen LogP contribution < -0.4 is 5.32 Å². The Morgan fingerprint density at radius 1 is 1.56 bits per heavy atom. The summed E-state index contributed by atoms with van der Waals surface area (Å²) in [5, 5.41) is 5.64. The first-order chi connectivity index (χ1) is 7.69. The van der Waals surface area contributed by atoms with Crippen molar-refractivity contribution >= 4 is 34.2 Å². The Kier molecular flexibility index (Phi) is 3.77. The molecular weight excluding hydrogens is 240 g/mol. The summed E-state index contributed by atoms with van der Waals surface area (Å²) in [7, 11) is 0. The number of rotatable bonds is 2. The van der Waals surface area contributed by atoms with Gasteiger partial charge in [0, 0.05) is 5.25 Å². The van der Waals surface area contributed by atoms with Gasteiger partial charge in [-0.25, -0.2) is 0 Å². The van der Waals surface area contributed by atoms with Crippen molar-refractivity contribution in [1.29, 1.82) is 0 Å². The zero-order valence-electron chi connectivity index (χ0n) is 9.46. The Bertz CT molecular complexity index is 417. The van der Waals surface area contributed by atoms with E-state index in [2.05, 4.69) is 24.2 Å². The molecule has 0 spiro atoms. The molecule has 1 aliphatic rings. The first-order valence-electron chi connectivity index (χ1n) is 5.43. The molecule has 1 aliphatic heterocycles. The first kappa shape index (κ1) is 11.8. The third kappa shape index (κ3) is 2.71. The second kappa shape index (κ2) is 5.11. The molecular formula is C12H15ClN2S. The van der Waals surface area contributed by atoms with Gasteiger partial charge in [0.15, 0.2) is 5.17 Å². The highest BCUT2D eigenvalue weighted by Gasteiger charge is 2.18. The van der Waals surface area contributed by atoms with Crippen molar-refractivity contribution < 1.29 is 0 Å². The molecule has 0 amide bonds. The van der Waals surface area contributed by atoms with E-state index in [0.717, 1.165) is 28.8 Å². The van der Waals surface area contributed by atoms with Crippen LogP contribution in [0.15, 0.2) is 23.2 Å². The normalized spacial score (nSPS) is 19.7. The number of nitrogens with zero attached hydrogens (tertiary/aromatic N) is 1. The van der Waals surface area contributed by atoms with E-state index in [1.54, 1.807) is 11.8 Å². The Hall–Kier alpha value is -0.670. The maximum atomic E-state index is 6.12. The Morgan fingerprint density at radius 2 is 2.38 bits per heavy atom. The van der Waals surface area contributed by atoms with E-state index >= 15 is 0 Å². The fourth-order valence-electron chi connectivity index (χ4n) is 1.55. The molecule has 1 aromatic rings. The largest absolute Gasteiger partial charge is 0.334 e. The highest BCUT2D eigenvalue weighted by Crippen LogP contribution is 2.28. The quantitative estimate of drug-likeness (QED) is 0.865. The summed E-state index contributed by atoms with van der Waals surface area (Å²) in [5.74, 6) is 0. The molecule has 0 bridgehead atoms. The van der Waals surface area contributed by atoms with Crippen LogP contribution in [-0.4, -0.2) is 17.0 Å². The average Bonchev–Trinajstić information content (AvgIpc) is 2.71. The predicted octanol–water partition coefficient (Wildman–Crippen LogP) is 3.94. The molecule has 1 unspecified atom stereocenters. The van der Waals surface area contributed by atoms with Crippen LogP contribution in [0.1, 0.15) is 18.9 Å². The van der Waals surface area contributed by atoms with E-state index in [1.807, 2.05) is 18.2 Å². The fourth-order valence-corrected chi connectivity index (χ4v) is 2.66. The number of halogens is 1. The lowest BCUT2D eigenvalue weighted by atomic mass is 10.2. The van der Waals surface area contributed by atoms with Crippen molar-refractivity contribution in [3.8, 4) is 0 Å². The Morgan fingerprint density at radius 3 is 3.06 bits per heavy atom. The minimum absolute atomic E-state index is 0.617. The number of thioether (sulfide) groups is 1. The summed E-state index contributed by atoms with van der Waals surface area (Å²) in [4.78, 5) is 4.46. The third-order valence-corrected chi connectivity index (χ3v) is 4.14. The van der Waals surface area contributed by atoms with Crippen LogP contribution in [0.4, 0.5) is 5.69 Å². The lowest BCUT2D eigenvalue weighted by Crippen LogP contribution is -2.07. The molecule has 0 fully saturated rings. The molecule has 16 heavy (non-hydrogen) atoms. The number of amidine groups is 1. The van der Waals surface area contributed by atoms with Crippen molar-refractivity contribution in [3.05, 3.63) is 28.8 Å². The maximum absolute atomic E-state index is 6.12. The zero-order valence-corrected chi connectivity index (χ0v) is 11.0. The number of hydrogen-bond acceptors (Lipinski definition) is 3. The maximum Gasteiger partial charge on any atom is 0.161 e. The number of hydrogen-bond donors (Lipinski definition) is 1. The van der Waals surface area contributed by atoms with Gasteiger partial charge >= 0.3 is 0 Å². The van der Waals surface area contributed by atoms with Gasteiger partial charge in [0.2, 0.25) is 0 Å². The Balaban J connectivity index is 2.07. The minimum atomic E-state index is 0.617. The van der Waals surface area contributed by atoms with Crippen LogP contribution in [0.2, 0.25) is 5.02 Å². The number of aryl methyl sites for hydroxylation is 1. The van der Waals surface area contributed by atoms with Crippen molar-refractivity contribution in [3.63, 3.8) is 0 Å². The predicted molar refractivity (Wildman–Crippen MR) is 73.8 cm³/mol. The van der Waals surface area contributed by atoms with E-state index < -0.39 is 0 Å². The number of nitrogens with one attached hydrogen (secondary N) is 1. The van der Waals surface area contributed by atoms with Crippen molar-refractivity contribution in [2.45, 2.75) is 25.5 Å². The number of aliphatic imine (C=N–C) groups is 1. The standard InChI is InChI=1S/C12H15ClN2S/c1-3-9-7-14-12(16-9)15-11-6-8(2)4-5-10(11)13/h4-6,9H,3,7H2,1-2H3,(H,14,15). The molecule has 0 saturated carbocycles. The van der Waals surface area contributed by atoms with Crippen LogP contribution in [-0.2, 0) is 0 Å². The van der Waals surface area contributed by atoms with Crippen LogP contribution in [0, 0.1) is 6.92 Å². The highest BCUT2D eigenvalue weighted by molar-refractivity contribution is 8.15. The monoisotopic (exact) mass is 254 g/mol. The van der Waals surface area contributed by atoms with Crippen LogP contribution >= 0.6 is 23.4 Å². The molecule has 0 radical (unpaired) electrons. The number of anilines is 1. The fraction of sp³-hybridized carbons (Fsp3) is 0.417. The van der Waals surface area contributed by atoms with Crippen LogP contribution in [0.3, 0.4) is 0 Å². The lowest BCUT2D eigenvalue weighted by molar-refractivity contribution is 0.843. The SMILES string of the molecule is CCC1CN=C(Nc2cc(C)ccc2Cl)S1. The van der Waals surface area contributed by atoms with Gasteiger partial charge in [-0.3, -0.25) is 4.99 Å². The molecule has 0 saturated heterocycles. The molecule has 2 nitrogen and oxygen atoms in total. The summed E-state index contributed by atoms with van der Waals surface area (Å²) >= 11 is 7.92. The van der Waals surface area contributed by atoms with Crippen molar-refractivity contribution in [2.75, 3.05) is 11.9 Å². The van der Waals surface area contributed by atoms with E-state index in [0.29, 0.717) is 5.25 Å². The van der Waals surface area contributed by atoms with Gasteiger partial charge in [0.1, 0.15) is 0 Å². The molecule has 0 aliphatic carbocycles. The van der Waals surface area contributed by atoms with Gasteiger partial charge in [0.05, 0.1) is 17.3 Å². The molecule has 1 heterocycles. The second-order valence-corrected chi connectivity index (χ2v) is 5.60. The molecule has 86 valence electrons. The summed E-state index contributed by atoms with van der Waals surface area (Å²) < 4.78 is 0. The summed E-state index contributed by atoms with van der Waals surface area (Å²) in [5.41, 5.74) is 2.15. The summed E-state index contributed by atoms with van der Waals surface area (Å²) in [6.45, 7) is 5.16. The van der Waals surface area contributed by atoms with E-state index in [9.17, 15) is 0 Å². The van der Waals surface area contributed by atoms with Crippen LogP contribution in [0.5, 0.6) is 0 Å². The Labute approximate surface area is 105 Å².